The smallest absolute Gasteiger partial charge is 0.244 e. The number of piperidine rings is 1. The SMILES string of the molecule is O=C1CCC(N2Cc3c(OCc4ccc(CN5CCOCC5)cc4)cccc3C2O)C(=O)N1. The molecule has 174 valence electrons. The Labute approximate surface area is 193 Å². The fourth-order valence-electron chi connectivity index (χ4n) is 4.78. The molecular formula is C25H29N3O5. The number of ether oxygens (including phenoxy) is 2. The average Bonchev–Trinajstić information content (AvgIpc) is 3.16. The molecule has 2 N–H and O–H groups in total. The van der Waals surface area contributed by atoms with E-state index in [0.29, 0.717) is 25.3 Å². The minimum atomic E-state index is -0.896. The number of aliphatic hydroxyl groups excluding tert-OH is 1. The van der Waals surface area contributed by atoms with Crippen LogP contribution in [0.5, 0.6) is 5.75 Å². The van der Waals surface area contributed by atoms with Gasteiger partial charge in [-0.05, 0) is 23.6 Å². The van der Waals surface area contributed by atoms with Gasteiger partial charge in [0.15, 0.2) is 0 Å². The van der Waals surface area contributed by atoms with Crippen molar-refractivity contribution in [1.82, 2.24) is 15.1 Å². The van der Waals surface area contributed by atoms with Crippen molar-refractivity contribution < 1.29 is 24.2 Å². The molecule has 0 bridgehead atoms. The van der Waals surface area contributed by atoms with Gasteiger partial charge in [-0.15, -0.1) is 0 Å². The number of nitrogens with zero attached hydrogens (tertiary/aromatic N) is 2. The highest BCUT2D eigenvalue weighted by atomic mass is 16.5. The van der Waals surface area contributed by atoms with Crippen LogP contribution in [0.25, 0.3) is 0 Å². The van der Waals surface area contributed by atoms with Crippen molar-refractivity contribution in [3.8, 4) is 5.75 Å². The Kier molecular flexibility index (Phi) is 6.41. The Morgan fingerprint density at radius 1 is 1.06 bits per heavy atom. The number of carbonyl (C=O) groups excluding carboxylic acids is 2. The molecule has 0 spiro atoms. The molecule has 0 saturated carbocycles. The maximum absolute atomic E-state index is 12.3. The lowest BCUT2D eigenvalue weighted by Gasteiger charge is -2.31. The van der Waals surface area contributed by atoms with E-state index >= 15 is 0 Å². The quantitative estimate of drug-likeness (QED) is 0.646. The van der Waals surface area contributed by atoms with E-state index in [0.717, 1.165) is 49.5 Å². The highest BCUT2D eigenvalue weighted by Crippen LogP contribution is 2.39. The van der Waals surface area contributed by atoms with Crippen LogP contribution in [0.4, 0.5) is 0 Å². The number of morpholine rings is 1. The van der Waals surface area contributed by atoms with E-state index in [1.807, 2.05) is 18.2 Å². The molecule has 2 saturated heterocycles. The molecule has 3 heterocycles. The number of hydrogen-bond acceptors (Lipinski definition) is 7. The Bertz CT molecular complexity index is 1020. The van der Waals surface area contributed by atoms with Gasteiger partial charge in [0.2, 0.25) is 11.8 Å². The zero-order valence-corrected chi connectivity index (χ0v) is 18.5. The summed E-state index contributed by atoms with van der Waals surface area (Å²) in [6.45, 7) is 5.26. The average molecular weight is 452 g/mol. The normalized spacial score (nSPS) is 23.9. The molecule has 2 aromatic carbocycles. The number of carbonyl (C=O) groups is 2. The van der Waals surface area contributed by atoms with Crippen LogP contribution < -0.4 is 10.1 Å². The molecule has 33 heavy (non-hydrogen) atoms. The van der Waals surface area contributed by atoms with Crippen molar-refractivity contribution in [2.24, 2.45) is 0 Å². The predicted molar refractivity (Wildman–Crippen MR) is 120 cm³/mol. The Morgan fingerprint density at radius 3 is 2.58 bits per heavy atom. The summed E-state index contributed by atoms with van der Waals surface area (Å²) >= 11 is 0. The first kappa shape index (κ1) is 22.0. The van der Waals surface area contributed by atoms with Gasteiger partial charge in [0.25, 0.3) is 0 Å². The summed E-state index contributed by atoms with van der Waals surface area (Å²) in [5.74, 6) is 0.0962. The molecule has 2 unspecified atom stereocenters. The summed E-state index contributed by atoms with van der Waals surface area (Å²) in [6.07, 6.45) is -0.212. The van der Waals surface area contributed by atoms with Crippen LogP contribution in [0.15, 0.2) is 42.5 Å². The molecule has 5 rings (SSSR count). The standard InChI is InChI=1S/C25H29N3O5/c29-23-9-8-21(24(30)26-23)28-15-20-19(25(28)31)2-1-3-22(20)33-16-18-6-4-17(5-7-18)14-27-10-12-32-13-11-27/h1-7,21,25,31H,8-16H2,(H,26,29,30). The molecule has 0 radical (unpaired) electrons. The number of benzene rings is 2. The number of aliphatic hydroxyl groups is 1. The van der Waals surface area contributed by atoms with Crippen molar-refractivity contribution in [3.63, 3.8) is 0 Å². The zero-order chi connectivity index (χ0) is 22.8. The monoisotopic (exact) mass is 451 g/mol. The lowest BCUT2D eigenvalue weighted by Crippen LogP contribution is -2.51. The van der Waals surface area contributed by atoms with Gasteiger partial charge < -0.3 is 14.6 Å². The second-order valence-corrected chi connectivity index (χ2v) is 8.83. The minimum absolute atomic E-state index is 0.262. The molecule has 8 nitrogen and oxygen atoms in total. The molecule has 0 aliphatic carbocycles. The second-order valence-electron chi connectivity index (χ2n) is 8.83. The fourth-order valence-corrected chi connectivity index (χ4v) is 4.78. The summed E-state index contributed by atoms with van der Waals surface area (Å²) in [6, 6.07) is 13.5. The summed E-state index contributed by atoms with van der Waals surface area (Å²) in [7, 11) is 0. The number of fused-ring (bicyclic) bond motifs is 1. The van der Waals surface area contributed by atoms with E-state index in [9.17, 15) is 14.7 Å². The van der Waals surface area contributed by atoms with Gasteiger partial charge in [-0.1, -0.05) is 36.4 Å². The van der Waals surface area contributed by atoms with E-state index in [1.165, 1.54) is 5.56 Å². The number of amides is 2. The van der Waals surface area contributed by atoms with Crippen molar-refractivity contribution in [3.05, 3.63) is 64.7 Å². The summed E-state index contributed by atoms with van der Waals surface area (Å²) in [5, 5.41) is 13.2. The number of imide groups is 1. The molecule has 2 fully saturated rings. The van der Waals surface area contributed by atoms with Gasteiger partial charge in [0.1, 0.15) is 18.6 Å². The summed E-state index contributed by atoms with van der Waals surface area (Å²) < 4.78 is 11.5. The molecular weight excluding hydrogens is 422 g/mol. The van der Waals surface area contributed by atoms with Gasteiger partial charge >= 0.3 is 0 Å². The van der Waals surface area contributed by atoms with Gasteiger partial charge in [0.05, 0.1) is 19.3 Å². The molecule has 3 aliphatic rings. The third kappa shape index (κ3) is 4.79. The lowest BCUT2D eigenvalue weighted by molar-refractivity contribution is -0.141. The van der Waals surface area contributed by atoms with Crippen LogP contribution in [0.2, 0.25) is 0 Å². The van der Waals surface area contributed by atoms with Crippen LogP contribution >= 0.6 is 0 Å². The first-order valence-electron chi connectivity index (χ1n) is 11.5. The van der Waals surface area contributed by atoms with Crippen molar-refractivity contribution >= 4 is 11.8 Å². The third-order valence-electron chi connectivity index (χ3n) is 6.64. The van der Waals surface area contributed by atoms with Crippen molar-refractivity contribution in [2.45, 2.75) is 44.8 Å². The predicted octanol–water partition coefficient (Wildman–Crippen LogP) is 1.71. The Balaban J connectivity index is 1.22. The summed E-state index contributed by atoms with van der Waals surface area (Å²) in [5.41, 5.74) is 3.97. The van der Waals surface area contributed by atoms with E-state index < -0.39 is 12.3 Å². The minimum Gasteiger partial charge on any atom is -0.489 e. The first-order valence-corrected chi connectivity index (χ1v) is 11.5. The van der Waals surface area contributed by atoms with E-state index in [-0.39, 0.29) is 18.2 Å². The molecule has 0 aromatic heterocycles. The lowest BCUT2D eigenvalue weighted by atomic mass is 10.0. The van der Waals surface area contributed by atoms with Crippen molar-refractivity contribution in [2.75, 3.05) is 26.3 Å². The van der Waals surface area contributed by atoms with Crippen LogP contribution in [-0.2, 0) is 34.0 Å². The van der Waals surface area contributed by atoms with Gasteiger partial charge in [-0.3, -0.25) is 24.7 Å². The molecule has 2 amide bonds. The van der Waals surface area contributed by atoms with Crippen LogP contribution in [0, 0.1) is 0 Å². The Morgan fingerprint density at radius 2 is 1.82 bits per heavy atom. The van der Waals surface area contributed by atoms with Gasteiger partial charge in [-0.25, -0.2) is 0 Å². The highest BCUT2D eigenvalue weighted by Gasteiger charge is 2.40. The second kappa shape index (κ2) is 9.61. The molecule has 2 aromatic rings. The maximum Gasteiger partial charge on any atom is 0.244 e. The van der Waals surface area contributed by atoms with Crippen LogP contribution in [0.3, 0.4) is 0 Å². The van der Waals surface area contributed by atoms with Gasteiger partial charge in [-0.2, -0.15) is 0 Å². The van der Waals surface area contributed by atoms with E-state index in [4.69, 9.17) is 9.47 Å². The molecule has 3 aliphatic heterocycles. The number of hydrogen-bond donors (Lipinski definition) is 2. The largest absolute Gasteiger partial charge is 0.489 e. The van der Waals surface area contributed by atoms with E-state index in [2.05, 4.69) is 34.5 Å². The first-order chi connectivity index (χ1) is 16.1. The fraction of sp³-hybridized carbons (Fsp3) is 0.440. The molecule has 2 atom stereocenters. The van der Waals surface area contributed by atoms with Gasteiger partial charge in [0, 0.05) is 43.7 Å². The van der Waals surface area contributed by atoms with Crippen LogP contribution in [-0.4, -0.2) is 59.1 Å². The van der Waals surface area contributed by atoms with E-state index in [1.54, 1.807) is 4.90 Å². The Hall–Kier alpha value is -2.78. The van der Waals surface area contributed by atoms with Crippen LogP contribution in [0.1, 0.15) is 41.3 Å². The highest BCUT2D eigenvalue weighted by molar-refractivity contribution is 6.00. The third-order valence-corrected chi connectivity index (χ3v) is 6.64. The number of rotatable bonds is 6. The zero-order valence-electron chi connectivity index (χ0n) is 18.5. The topological polar surface area (TPSA) is 91.3 Å². The van der Waals surface area contributed by atoms with Crippen molar-refractivity contribution in [1.29, 1.82) is 0 Å². The maximum atomic E-state index is 12.3. The summed E-state index contributed by atoms with van der Waals surface area (Å²) in [4.78, 5) is 27.9. The molecule has 8 heteroatoms. The number of nitrogens with one attached hydrogen (secondary N) is 1.